The van der Waals surface area contributed by atoms with E-state index in [4.69, 9.17) is 16.3 Å². The molecule has 0 N–H and O–H groups in total. The molecule has 0 aliphatic carbocycles. The predicted molar refractivity (Wildman–Crippen MR) is 153 cm³/mol. The number of esters is 1. The number of sulfonamides is 1. The number of aryl methyl sites for hydroxylation is 2. The highest BCUT2D eigenvalue weighted by Gasteiger charge is 2.47. The monoisotopic (exact) mass is 582 g/mol. The van der Waals surface area contributed by atoms with Gasteiger partial charge in [-0.3, -0.25) is 9.59 Å². The van der Waals surface area contributed by atoms with Crippen LogP contribution in [0.4, 0.5) is 5.69 Å². The molecule has 1 heterocycles. The van der Waals surface area contributed by atoms with Gasteiger partial charge in [0.05, 0.1) is 29.2 Å². The topological polar surface area (TPSA) is 101 Å². The Morgan fingerprint density at radius 3 is 2.17 bits per heavy atom. The quantitative estimate of drug-likeness (QED) is 0.265. The summed E-state index contributed by atoms with van der Waals surface area (Å²) in [6.45, 7) is 8.85. The van der Waals surface area contributed by atoms with Crippen LogP contribution < -0.4 is 4.90 Å². The van der Waals surface area contributed by atoms with E-state index in [0.29, 0.717) is 21.7 Å². The smallest absolute Gasteiger partial charge is 0.338 e. The molecule has 3 aromatic rings. The Labute approximate surface area is 239 Å². The Morgan fingerprint density at radius 1 is 1.00 bits per heavy atom. The van der Waals surface area contributed by atoms with Crippen molar-refractivity contribution in [1.82, 2.24) is 4.31 Å². The van der Waals surface area contributed by atoms with E-state index in [2.05, 4.69) is 0 Å². The zero-order chi connectivity index (χ0) is 29.4. The molecule has 210 valence electrons. The van der Waals surface area contributed by atoms with Crippen LogP contribution in [0.15, 0.2) is 59.5 Å². The fourth-order valence-electron chi connectivity index (χ4n) is 4.92. The van der Waals surface area contributed by atoms with Crippen LogP contribution in [0.2, 0.25) is 5.02 Å². The minimum atomic E-state index is -4.28. The van der Waals surface area contributed by atoms with Crippen LogP contribution >= 0.6 is 11.6 Å². The number of hydrogen-bond acceptors (Lipinski definition) is 6. The molecular formula is C30H31ClN2O6S. The van der Waals surface area contributed by atoms with E-state index < -0.39 is 33.8 Å². The Kier molecular flexibility index (Phi) is 8.49. The van der Waals surface area contributed by atoms with Gasteiger partial charge in [-0.05, 0) is 92.8 Å². The second-order valence-electron chi connectivity index (χ2n) is 9.79. The molecule has 1 atom stereocenters. The summed E-state index contributed by atoms with van der Waals surface area (Å²) in [6.07, 6.45) is -0.342. The Balaban J connectivity index is 1.79. The van der Waals surface area contributed by atoms with Crippen LogP contribution in [-0.2, 0) is 30.9 Å². The highest BCUT2D eigenvalue weighted by atomic mass is 35.5. The third-order valence-electron chi connectivity index (χ3n) is 7.25. The van der Waals surface area contributed by atoms with Gasteiger partial charge in [0, 0.05) is 11.6 Å². The van der Waals surface area contributed by atoms with Crippen LogP contribution in [0.5, 0.6) is 0 Å². The Bertz CT molecular complexity index is 1570. The maximum Gasteiger partial charge on any atom is 0.338 e. The van der Waals surface area contributed by atoms with Gasteiger partial charge in [0.15, 0.2) is 0 Å². The summed E-state index contributed by atoms with van der Waals surface area (Å²) in [6, 6.07) is 13.3. The van der Waals surface area contributed by atoms with Gasteiger partial charge >= 0.3 is 5.97 Å². The van der Waals surface area contributed by atoms with Gasteiger partial charge in [0.2, 0.25) is 15.9 Å². The Morgan fingerprint density at radius 2 is 1.60 bits per heavy atom. The number of anilines is 1. The molecule has 0 radical (unpaired) electrons. The van der Waals surface area contributed by atoms with Gasteiger partial charge in [0.25, 0.3) is 5.91 Å². The molecule has 10 heteroatoms. The van der Waals surface area contributed by atoms with Crippen molar-refractivity contribution >= 4 is 45.1 Å². The number of rotatable bonds is 8. The highest BCUT2D eigenvalue weighted by molar-refractivity contribution is 7.89. The van der Waals surface area contributed by atoms with Crippen molar-refractivity contribution in [2.75, 3.05) is 11.5 Å². The third kappa shape index (κ3) is 5.41. The first kappa shape index (κ1) is 29.5. The number of hydrogen-bond donors (Lipinski definition) is 0. The van der Waals surface area contributed by atoms with E-state index in [-0.39, 0.29) is 35.7 Å². The van der Waals surface area contributed by atoms with E-state index in [1.807, 2.05) is 19.9 Å². The van der Waals surface area contributed by atoms with Gasteiger partial charge in [-0.25, -0.2) is 18.1 Å². The molecule has 1 saturated heterocycles. The molecule has 8 nitrogen and oxygen atoms in total. The molecule has 0 saturated carbocycles. The average Bonchev–Trinajstić information content (AvgIpc) is 3.20. The van der Waals surface area contributed by atoms with Gasteiger partial charge in [-0.15, -0.1) is 0 Å². The van der Waals surface area contributed by atoms with E-state index in [0.717, 1.165) is 20.3 Å². The number of carbonyl (C=O) groups is 3. The van der Waals surface area contributed by atoms with Gasteiger partial charge in [-0.1, -0.05) is 35.9 Å². The second kappa shape index (κ2) is 11.5. The summed E-state index contributed by atoms with van der Waals surface area (Å²) in [5, 5.41) is 0.347. The van der Waals surface area contributed by atoms with Crippen LogP contribution in [0.1, 0.15) is 51.5 Å². The first-order valence-electron chi connectivity index (χ1n) is 12.8. The molecule has 2 amide bonds. The first-order chi connectivity index (χ1) is 18.9. The number of carbonyl (C=O) groups excluding carboxylic acids is 3. The average molecular weight is 583 g/mol. The molecule has 1 fully saturated rings. The largest absolute Gasteiger partial charge is 0.462 e. The SMILES string of the molecule is CCOC(=O)c1ccc(N2C(=O)CC(N(Cc3ccccc3Cl)S(=O)(=O)c3c(C)c(C)cc(C)c3C)C2=O)cc1. The molecule has 1 aliphatic heterocycles. The fraction of sp³-hybridized carbons (Fsp3) is 0.300. The second-order valence-corrected chi connectivity index (χ2v) is 12.0. The van der Waals surface area contributed by atoms with Crippen molar-refractivity contribution < 1.29 is 27.5 Å². The maximum absolute atomic E-state index is 14.4. The van der Waals surface area contributed by atoms with E-state index in [1.54, 1.807) is 45.0 Å². The van der Waals surface area contributed by atoms with Crippen molar-refractivity contribution in [3.63, 3.8) is 0 Å². The van der Waals surface area contributed by atoms with E-state index in [1.165, 1.54) is 24.3 Å². The van der Waals surface area contributed by atoms with Crippen molar-refractivity contribution in [3.05, 3.63) is 93.0 Å². The lowest BCUT2D eigenvalue weighted by Crippen LogP contribution is -2.45. The van der Waals surface area contributed by atoms with Crippen LogP contribution in [0.3, 0.4) is 0 Å². The van der Waals surface area contributed by atoms with Gasteiger partial charge in [-0.2, -0.15) is 4.31 Å². The minimum absolute atomic E-state index is 0.120. The van der Waals surface area contributed by atoms with E-state index in [9.17, 15) is 22.8 Å². The standard InChI is InChI=1S/C30H31ClN2O6S/c1-6-39-30(36)22-11-13-24(14-12-22)33-27(34)16-26(29(33)35)32(17-23-9-7-8-10-25(23)31)40(37,38)28-20(4)18(2)15-19(3)21(28)5/h7-15,26H,6,16-17H2,1-5H3. The molecular weight excluding hydrogens is 552 g/mol. The van der Waals surface area contributed by atoms with Crippen molar-refractivity contribution in [1.29, 1.82) is 0 Å². The summed E-state index contributed by atoms with van der Waals surface area (Å²) in [4.78, 5) is 40.2. The molecule has 0 aromatic heterocycles. The molecule has 1 unspecified atom stereocenters. The summed E-state index contributed by atoms with van der Waals surface area (Å²) < 4.78 is 34.9. The van der Waals surface area contributed by atoms with Crippen molar-refractivity contribution in [2.45, 2.75) is 58.5 Å². The number of halogens is 1. The molecule has 3 aromatic carbocycles. The summed E-state index contributed by atoms with van der Waals surface area (Å²) in [7, 11) is -4.28. The Hall–Kier alpha value is -3.53. The van der Waals surface area contributed by atoms with Crippen LogP contribution in [0.25, 0.3) is 0 Å². The lowest BCUT2D eigenvalue weighted by atomic mass is 10.0. The third-order valence-corrected chi connectivity index (χ3v) is 9.75. The summed E-state index contributed by atoms with van der Waals surface area (Å²) in [5.74, 6) is -1.75. The van der Waals surface area contributed by atoms with Crippen LogP contribution in [-0.4, -0.2) is 43.2 Å². The summed E-state index contributed by atoms with van der Waals surface area (Å²) in [5.41, 5.74) is 3.77. The fourth-order valence-corrected chi connectivity index (χ4v) is 7.25. The molecule has 4 rings (SSSR count). The normalized spacial score (nSPS) is 15.7. The minimum Gasteiger partial charge on any atom is -0.462 e. The van der Waals surface area contributed by atoms with Crippen molar-refractivity contribution in [3.8, 4) is 0 Å². The lowest BCUT2D eigenvalue weighted by molar-refractivity contribution is -0.122. The summed E-state index contributed by atoms with van der Waals surface area (Å²) >= 11 is 6.41. The number of benzene rings is 3. The molecule has 0 spiro atoms. The number of ether oxygens (including phenoxy) is 1. The number of amides is 2. The maximum atomic E-state index is 14.4. The zero-order valence-corrected chi connectivity index (χ0v) is 24.6. The first-order valence-corrected chi connectivity index (χ1v) is 14.7. The van der Waals surface area contributed by atoms with Crippen molar-refractivity contribution in [2.24, 2.45) is 0 Å². The van der Waals surface area contributed by atoms with Gasteiger partial charge in [0.1, 0.15) is 6.04 Å². The molecule has 1 aliphatic rings. The van der Waals surface area contributed by atoms with E-state index >= 15 is 0 Å². The molecule has 0 bridgehead atoms. The number of nitrogens with zero attached hydrogens (tertiary/aromatic N) is 2. The highest BCUT2D eigenvalue weighted by Crippen LogP contribution is 2.35. The lowest BCUT2D eigenvalue weighted by Gasteiger charge is -2.29. The zero-order valence-electron chi connectivity index (χ0n) is 23.0. The van der Waals surface area contributed by atoms with Crippen LogP contribution in [0, 0.1) is 27.7 Å². The predicted octanol–water partition coefficient (Wildman–Crippen LogP) is 5.27. The number of imide groups is 1. The molecule has 40 heavy (non-hydrogen) atoms. The van der Waals surface area contributed by atoms with Gasteiger partial charge < -0.3 is 4.74 Å².